The standard InChI is InChI=1S/C14H25N5O3/c15-11-13(14(22)19(7-9-20)8-10-21)12-17-3-6-18-4-1-16-2-5-18/h12,16-17,20-21H,1-10H2/b13-12-. The van der Waals surface area contributed by atoms with E-state index in [1.54, 1.807) is 0 Å². The van der Waals surface area contributed by atoms with Gasteiger partial charge in [0.25, 0.3) is 5.91 Å². The topological polar surface area (TPSA) is 112 Å². The Bertz CT molecular complexity index is 396. The molecular weight excluding hydrogens is 286 g/mol. The fourth-order valence-electron chi connectivity index (χ4n) is 2.20. The normalized spacial score (nSPS) is 16.1. The molecule has 1 aliphatic heterocycles. The highest BCUT2D eigenvalue weighted by molar-refractivity contribution is 5.97. The molecule has 0 radical (unpaired) electrons. The van der Waals surface area contributed by atoms with Crippen LogP contribution in [0.3, 0.4) is 0 Å². The van der Waals surface area contributed by atoms with Gasteiger partial charge in [-0.3, -0.25) is 9.69 Å². The summed E-state index contributed by atoms with van der Waals surface area (Å²) in [6, 6.07) is 1.86. The number of carbonyl (C=O) groups is 1. The van der Waals surface area contributed by atoms with Gasteiger partial charge in [-0.25, -0.2) is 0 Å². The van der Waals surface area contributed by atoms with Gasteiger partial charge < -0.3 is 25.7 Å². The SMILES string of the molecule is N#C/C(=C/NCCN1CCNCC1)C(=O)N(CCO)CCO. The number of hydrogen-bond acceptors (Lipinski definition) is 7. The summed E-state index contributed by atoms with van der Waals surface area (Å²) >= 11 is 0. The van der Waals surface area contributed by atoms with Crippen LogP contribution >= 0.6 is 0 Å². The van der Waals surface area contributed by atoms with Crippen molar-refractivity contribution < 1.29 is 15.0 Å². The molecule has 22 heavy (non-hydrogen) atoms. The summed E-state index contributed by atoms with van der Waals surface area (Å²) in [5.74, 6) is -0.486. The van der Waals surface area contributed by atoms with Gasteiger partial charge in [-0.1, -0.05) is 0 Å². The monoisotopic (exact) mass is 311 g/mol. The molecule has 1 amide bonds. The molecule has 1 rings (SSSR count). The zero-order valence-electron chi connectivity index (χ0n) is 12.8. The second-order valence-electron chi connectivity index (χ2n) is 4.95. The molecule has 0 aromatic heterocycles. The average Bonchev–Trinajstić information content (AvgIpc) is 2.55. The van der Waals surface area contributed by atoms with Crippen molar-refractivity contribution in [3.05, 3.63) is 11.8 Å². The summed E-state index contributed by atoms with van der Waals surface area (Å²) in [4.78, 5) is 15.7. The van der Waals surface area contributed by atoms with E-state index < -0.39 is 5.91 Å². The minimum absolute atomic E-state index is 0.0257. The largest absolute Gasteiger partial charge is 0.395 e. The van der Waals surface area contributed by atoms with Gasteiger partial charge >= 0.3 is 0 Å². The molecule has 124 valence electrons. The van der Waals surface area contributed by atoms with Crippen LogP contribution in [-0.2, 0) is 4.79 Å². The number of nitrogens with zero attached hydrogens (tertiary/aromatic N) is 3. The number of rotatable bonds is 9. The van der Waals surface area contributed by atoms with Crippen LogP contribution in [0.4, 0.5) is 0 Å². The Morgan fingerprint density at radius 3 is 2.50 bits per heavy atom. The third kappa shape index (κ3) is 6.41. The van der Waals surface area contributed by atoms with E-state index >= 15 is 0 Å². The number of hydrogen-bond donors (Lipinski definition) is 4. The first kappa shape index (κ1) is 18.4. The maximum Gasteiger partial charge on any atom is 0.266 e. The van der Waals surface area contributed by atoms with Crippen LogP contribution in [0.5, 0.6) is 0 Å². The average molecular weight is 311 g/mol. The Hall–Kier alpha value is -1.66. The van der Waals surface area contributed by atoms with Crippen LogP contribution in [0.1, 0.15) is 0 Å². The van der Waals surface area contributed by atoms with Gasteiger partial charge in [-0.2, -0.15) is 5.26 Å². The lowest BCUT2D eigenvalue weighted by Crippen LogP contribution is -2.45. The molecule has 1 heterocycles. The molecule has 0 aromatic rings. The fraction of sp³-hybridized carbons (Fsp3) is 0.714. The van der Waals surface area contributed by atoms with E-state index in [1.807, 2.05) is 6.07 Å². The quantitative estimate of drug-likeness (QED) is 0.215. The van der Waals surface area contributed by atoms with Crippen molar-refractivity contribution >= 4 is 5.91 Å². The third-order valence-electron chi connectivity index (χ3n) is 3.41. The van der Waals surface area contributed by atoms with E-state index in [1.165, 1.54) is 11.1 Å². The first-order valence-electron chi connectivity index (χ1n) is 7.50. The smallest absolute Gasteiger partial charge is 0.266 e. The molecule has 0 atom stereocenters. The van der Waals surface area contributed by atoms with E-state index in [2.05, 4.69) is 15.5 Å². The molecule has 0 bridgehead atoms. The van der Waals surface area contributed by atoms with Crippen LogP contribution in [0.15, 0.2) is 11.8 Å². The number of nitrogens with one attached hydrogen (secondary N) is 2. The van der Waals surface area contributed by atoms with Crippen molar-refractivity contribution in [1.82, 2.24) is 20.4 Å². The van der Waals surface area contributed by atoms with Gasteiger partial charge in [-0.15, -0.1) is 0 Å². The summed E-state index contributed by atoms with van der Waals surface area (Å²) in [6.45, 7) is 5.23. The molecule has 1 aliphatic rings. The number of amides is 1. The summed E-state index contributed by atoms with van der Waals surface area (Å²) in [6.07, 6.45) is 1.41. The number of aliphatic hydroxyl groups is 2. The van der Waals surface area contributed by atoms with E-state index in [4.69, 9.17) is 15.5 Å². The summed E-state index contributed by atoms with van der Waals surface area (Å²) in [5.41, 5.74) is -0.0257. The Kier molecular flexibility index (Phi) is 9.18. The second kappa shape index (κ2) is 11.0. The first-order valence-corrected chi connectivity index (χ1v) is 7.50. The molecular formula is C14H25N5O3. The molecule has 0 spiro atoms. The van der Waals surface area contributed by atoms with Crippen LogP contribution < -0.4 is 10.6 Å². The zero-order chi connectivity index (χ0) is 16.2. The number of nitriles is 1. The van der Waals surface area contributed by atoms with E-state index in [0.717, 1.165) is 32.7 Å². The lowest BCUT2D eigenvalue weighted by molar-refractivity contribution is -0.127. The molecule has 8 heteroatoms. The molecule has 0 aromatic carbocycles. The Balaban J connectivity index is 2.43. The summed E-state index contributed by atoms with van der Waals surface area (Å²) in [5, 5.41) is 33.2. The van der Waals surface area contributed by atoms with Crippen LogP contribution in [-0.4, -0.2) is 91.5 Å². The lowest BCUT2D eigenvalue weighted by Gasteiger charge is -2.27. The van der Waals surface area contributed by atoms with Gasteiger partial charge in [0.05, 0.1) is 13.2 Å². The van der Waals surface area contributed by atoms with Gasteiger partial charge in [-0.05, 0) is 0 Å². The predicted molar refractivity (Wildman–Crippen MR) is 81.8 cm³/mol. The Labute approximate surface area is 131 Å². The van der Waals surface area contributed by atoms with Gasteiger partial charge in [0, 0.05) is 58.6 Å². The lowest BCUT2D eigenvalue weighted by atomic mass is 10.2. The fourth-order valence-corrected chi connectivity index (χ4v) is 2.20. The van der Waals surface area contributed by atoms with E-state index in [9.17, 15) is 4.79 Å². The maximum atomic E-state index is 12.1. The van der Waals surface area contributed by atoms with Gasteiger partial charge in [0.15, 0.2) is 0 Å². The predicted octanol–water partition coefficient (Wildman–Crippen LogP) is -2.30. The minimum atomic E-state index is -0.486. The number of carbonyl (C=O) groups excluding carboxylic acids is 1. The molecule has 8 nitrogen and oxygen atoms in total. The van der Waals surface area contributed by atoms with Crippen molar-refractivity contribution in [1.29, 1.82) is 5.26 Å². The van der Waals surface area contributed by atoms with Crippen molar-refractivity contribution in [2.24, 2.45) is 0 Å². The van der Waals surface area contributed by atoms with Crippen molar-refractivity contribution in [2.45, 2.75) is 0 Å². The number of piperazine rings is 1. The van der Waals surface area contributed by atoms with Gasteiger partial charge in [0.2, 0.25) is 0 Å². The summed E-state index contributed by atoms with van der Waals surface area (Å²) in [7, 11) is 0. The molecule has 4 N–H and O–H groups in total. The highest BCUT2D eigenvalue weighted by atomic mass is 16.3. The molecule has 0 unspecified atom stereocenters. The Morgan fingerprint density at radius 2 is 1.95 bits per heavy atom. The summed E-state index contributed by atoms with van der Waals surface area (Å²) < 4.78 is 0. The zero-order valence-corrected chi connectivity index (χ0v) is 12.8. The molecule has 0 aliphatic carbocycles. The highest BCUT2D eigenvalue weighted by Crippen LogP contribution is 2.00. The Morgan fingerprint density at radius 1 is 1.32 bits per heavy atom. The van der Waals surface area contributed by atoms with Gasteiger partial charge in [0.1, 0.15) is 11.6 Å². The molecule has 0 saturated carbocycles. The van der Waals surface area contributed by atoms with Crippen molar-refractivity contribution in [3.8, 4) is 6.07 Å². The van der Waals surface area contributed by atoms with Crippen LogP contribution in [0.2, 0.25) is 0 Å². The first-order chi connectivity index (χ1) is 10.7. The van der Waals surface area contributed by atoms with Crippen LogP contribution in [0.25, 0.3) is 0 Å². The van der Waals surface area contributed by atoms with Crippen molar-refractivity contribution in [3.63, 3.8) is 0 Å². The van der Waals surface area contributed by atoms with E-state index in [0.29, 0.717) is 6.54 Å². The second-order valence-corrected chi connectivity index (χ2v) is 4.95. The minimum Gasteiger partial charge on any atom is -0.395 e. The number of aliphatic hydroxyl groups excluding tert-OH is 2. The highest BCUT2D eigenvalue weighted by Gasteiger charge is 2.17. The molecule has 1 saturated heterocycles. The maximum absolute atomic E-state index is 12.1. The third-order valence-corrected chi connectivity index (χ3v) is 3.41. The van der Waals surface area contributed by atoms with Crippen molar-refractivity contribution in [2.75, 3.05) is 65.6 Å². The van der Waals surface area contributed by atoms with E-state index in [-0.39, 0.29) is 31.9 Å². The van der Waals surface area contributed by atoms with Crippen LogP contribution in [0, 0.1) is 11.3 Å². The molecule has 1 fully saturated rings.